The Morgan fingerprint density at radius 3 is 2.64 bits per heavy atom. The average molecular weight is 512 g/mol. The molecule has 10 heteroatoms. The maximum absolute atomic E-state index is 13.1. The lowest BCUT2D eigenvalue weighted by Gasteiger charge is -2.27. The largest absolute Gasteiger partial charge is 0.497 e. The molecular formula is C23H27Cl2N3O4S. The molecule has 7 nitrogen and oxygen atoms in total. The van der Waals surface area contributed by atoms with Crippen molar-refractivity contribution < 1.29 is 19.0 Å². The molecule has 33 heavy (non-hydrogen) atoms. The van der Waals surface area contributed by atoms with E-state index in [1.165, 1.54) is 11.3 Å². The molecule has 2 heterocycles. The Bertz CT molecular complexity index is 1040. The highest BCUT2D eigenvalue weighted by Gasteiger charge is 2.21. The molecule has 3 aromatic rings. The molecule has 1 aliphatic heterocycles. The van der Waals surface area contributed by atoms with Gasteiger partial charge < -0.3 is 14.2 Å². The standard InChI is InChI=1S/C23H26ClN3O4S.ClH/c1-29-19-7-8-21-20(15-19)25-23(32-21)27(10-2-9-26-11-13-30-14-12-26)22(28)16-31-18-5-3-17(24)4-6-18;/h3-8,15H,2,9-14,16H2,1H3;1H. The number of hydrogen-bond donors (Lipinski definition) is 0. The van der Waals surface area contributed by atoms with Gasteiger partial charge in [0, 0.05) is 37.3 Å². The van der Waals surface area contributed by atoms with E-state index in [1.807, 2.05) is 18.2 Å². The van der Waals surface area contributed by atoms with Gasteiger partial charge in [-0.25, -0.2) is 4.98 Å². The number of benzene rings is 2. The molecule has 0 bridgehead atoms. The normalized spacial score (nSPS) is 14.0. The number of methoxy groups -OCH3 is 1. The summed E-state index contributed by atoms with van der Waals surface area (Å²) in [6.45, 7) is 4.77. The van der Waals surface area contributed by atoms with Crippen LogP contribution >= 0.6 is 35.3 Å². The van der Waals surface area contributed by atoms with Gasteiger partial charge in [-0.1, -0.05) is 22.9 Å². The number of morpholine rings is 1. The van der Waals surface area contributed by atoms with Crippen molar-refractivity contribution in [1.29, 1.82) is 0 Å². The van der Waals surface area contributed by atoms with Gasteiger partial charge >= 0.3 is 0 Å². The first kappa shape index (κ1) is 25.5. The number of nitrogens with zero attached hydrogens (tertiary/aromatic N) is 3. The number of aromatic nitrogens is 1. The predicted molar refractivity (Wildman–Crippen MR) is 135 cm³/mol. The molecule has 0 aliphatic carbocycles. The molecule has 1 saturated heterocycles. The Kier molecular flexibility index (Phi) is 9.58. The van der Waals surface area contributed by atoms with Crippen LogP contribution in [0.5, 0.6) is 11.5 Å². The SMILES string of the molecule is COc1ccc2sc(N(CCCN3CCOCC3)C(=O)COc3ccc(Cl)cc3)nc2c1.Cl. The molecular weight excluding hydrogens is 485 g/mol. The second-order valence-corrected chi connectivity index (χ2v) is 8.87. The van der Waals surface area contributed by atoms with E-state index in [9.17, 15) is 4.79 Å². The monoisotopic (exact) mass is 511 g/mol. The van der Waals surface area contributed by atoms with Gasteiger partial charge in [-0.2, -0.15) is 0 Å². The van der Waals surface area contributed by atoms with E-state index in [0.717, 1.165) is 55.2 Å². The zero-order chi connectivity index (χ0) is 22.3. The Labute approximate surface area is 208 Å². The Hall–Kier alpha value is -2.10. The Balaban J connectivity index is 0.00000306. The summed E-state index contributed by atoms with van der Waals surface area (Å²) in [6.07, 6.45) is 0.839. The van der Waals surface area contributed by atoms with Crippen LogP contribution in [0.3, 0.4) is 0 Å². The first-order valence-corrected chi connectivity index (χ1v) is 11.8. The van der Waals surface area contributed by atoms with Crippen molar-refractivity contribution in [2.75, 3.05) is 58.0 Å². The van der Waals surface area contributed by atoms with Crippen molar-refractivity contribution in [1.82, 2.24) is 9.88 Å². The summed E-state index contributed by atoms with van der Waals surface area (Å²) in [6, 6.07) is 12.7. The van der Waals surface area contributed by atoms with Crippen LogP contribution < -0.4 is 14.4 Å². The minimum Gasteiger partial charge on any atom is -0.497 e. The van der Waals surface area contributed by atoms with E-state index in [4.69, 9.17) is 30.8 Å². The van der Waals surface area contributed by atoms with E-state index >= 15 is 0 Å². The van der Waals surface area contributed by atoms with E-state index in [-0.39, 0.29) is 24.9 Å². The smallest absolute Gasteiger partial charge is 0.266 e. The highest BCUT2D eigenvalue weighted by Crippen LogP contribution is 2.31. The first-order valence-electron chi connectivity index (χ1n) is 10.6. The molecule has 1 amide bonds. The molecule has 1 aromatic heterocycles. The van der Waals surface area contributed by atoms with E-state index in [0.29, 0.717) is 22.4 Å². The number of hydrogen-bond acceptors (Lipinski definition) is 7. The number of amides is 1. The van der Waals surface area contributed by atoms with Crippen molar-refractivity contribution in [3.63, 3.8) is 0 Å². The molecule has 0 radical (unpaired) electrons. The van der Waals surface area contributed by atoms with E-state index < -0.39 is 0 Å². The number of thiazole rings is 1. The van der Waals surface area contributed by atoms with Crippen LogP contribution in [0.25, 0.3) is 10.2 Å². The molecule has 2 aromatic carbocycles. The minimum absolute atomic E-state index is 0. The van der Waals surface area contributed by atoms with Gasteiger partial charge in [0.05, 0.1) is 30.5 Å². The lowest BCUT2D eigenvalue weighted by atomic mass is 10.3. The van der Waals surface area contributed by atoms with Crippen LogP contribution in [0.15, 0.2) is 42.5 Å². The summed E-state index contributed by atoms with van der Waals surface area (Å²) in [4.78, 5) is 22.0. The second-order valence-electron chi connectivity index (χ2n) is 7.43. The fourth-order valence-corrected chi connectivity index (χ4v) is 4.61. The van der Waals surface area contributed by atoms with Crippen molar-refractivity contribution >= 4 is 56.6 Å². The van der Waals surface area contributed by atoms with E-state index in [1.54, 1.807) is 36.3 Å². The second kappa shape index (κ2) is 12.4. The summed E-state index contributed by atoms with van der Waals surface area (Å²) in [5.41, 5.74) is 0.814. The minimum atomic E-state index is -0.132. The van der Waals surface area contributed by atoms with Gasteiger partial charge in [0.25, 0.3) is 5.91 Å². The molecule has 178 valence electrons. The van der Waals surface area contributed by atoms with Gasteiger partial charge in [0.15, 0.2) is 11.7 Å². The molecule has 1 fully saturated rings. The van der Waals surface area contributed by atoms with Gasteiger partial charge in [0.1, 0.15) is 11.5 Å². The fraction of sp³-hybridized carbons (Fsp3) is 0.391. The summed E-state index contributed by atoms with van der Waals surface area (Å²) in [5.74, 6) is 1.21. The number of carbonyl (C=O) groups excluding carboxylic acids is 1. The van der Waals surface area contributed by atoms with Crippen molar-refractivity contribution in [2.24, 2.45) is 0 Å². The molecule has 4 rings (SSSR count). The van der Waals surface area contributed by atoms with Crippen LogP contribution in [0, 0.1) is 0 Å². The zero-order valence-corrected chi connectivity index (χ0v) is 20.8. The maximum Gasteiger partial charge on any atom is 0.266 e. The molecule has 0 unspecified atom stereocenters. The zero-order valence-electron chi connectivity index (χ0n) is 18.4. The number of anilines is 1. The number of rotatable bonds is 9. The van der Waals surface area contributed by atoms with Gasteiger partial charge in [-0.15, -0.1) is 12.4 Å². The highest BCUT2D eigenvalue weighted by molar-refractivity contribution is 7.22. The third-order valence-electron chi connectivity index (χ3n) is 5.25. The van der Waals surface area contributed by atoms with Crippen LogP contribution in [-0.2, 0) is 9.53 Å². The summed E-state index contributed by atoms with van der Waals surface area (Å²) in [5, 5.41) is 1.29. The fourth-order valence-electron chi connectivity index (χ4n) is 3.50. The van der Waals surface area contributed by atoms with Crippen LogP contribution in [0.1, 0.15) is 6.42 Å². The van der Waals surface area contributed by atoms with Crippen molar-refractivity contribution in [3.8, 4) is 11.5 Å². The molecule has 0 N–H and O–H groups in total. The number of halogens is 2. The molecule has 0 spiro atoms. The lowest BCUT2D eigenvalue weighted by molar-refractivity contribution is -0.120. The van der Waals surface area contributed by atoms with Crippen molar-refractivity contribution in [3.05, 3.63) is 47.5 Å². The topological polar surface area (TPSA) is 64.1 Å². The number of ether oxygens (including phenoxy) is 3. The van der Waals surface area contributed by atoms with Gasteiger partial charge in [-0.05, 0) is 42.8 Å². The van der Waals surface area contributed by atoms with Crippen LogP contribution in [0.4, 0.5) is 5.13 Å². The third kappa shape index (κ3) is 6.94. The number of carbonyl (C=O) groups is 1. The average Bonchev–Trinajstić information content (AvgIpc) is 3.24. The molecule has 0 saturated carbocycles. The maximum atomic E-state index is 13.1. The van der Waals surface area contributed by atoms with Gasteiger partial charge in [-0.3, -0.25) is 14.6 Å². The molecule has 0 atom stereocenters. The summed E-state index contributed by atoms with van der Waals surface area (Å²) < 4.78 is 17.4. The Morgan fingerprint density at radius 2 is 1.91 bits per heavy atom. The Morgan fingerprint density at radius 1 is 1.18 bits per heavy atom. The van der Waals surface area contributed by atoms with Gasteiger partial charge in [0.2, 0.25) is 0 Å². The molecule has 1 aliphatic rings. The summed E-state index contributed by atoms with van der Waals surface area (Å²) >= 11 is 7.42. The van der Waals surface area contributed by atoms with Crippen LogP contribution in [0.2, 0.25) is 5.02 Å². The van der Waals surface area contributed by atoms with Crippen LogP contribution in [-0.4, -0.2) is 68.9 Å². The predicted octanol–water partition coefficient (Wildman–Crippen LogP) is 4.51. The quantitative estimate of drug-likeness (QED) is 0.421. The van der Waals surface area contributed by atoms with E-state index in [2.05, 4.69) is 4.90 Å². The summed E-state index contributed by atoms with van der Waals surface area (Å²) in [7, 11) is 1.63. The first-order chi connectivity index (χ1) is 15.6. The highest BCUT2D eigenvalue weighted by atomic mass is 35.5. The third-order valence-corrected chi connectivity index (χ3v) is 6.56. The lowest BCUT2D eigenvalue weighted by Crippen LogP contribution is -2.40. The van der Waals surface area contributed by atoms with Crippen molar-refractivity contribution in [2.45, 2.75) is 6.42 Å². The number of fused-ring (bicyclic) bond motifs is 1.